The van der Waals surface area contributed by atoms with Crippen LogP contribution in [0, 0.1) is 6.92 Å². The summed E-state index contributed by atoms with van der Waals surface area (Å²) in [5.74, 6) is 1.70. The third kappa shape index (κ3) is 2.77. The third-order valence-electron chi connectivity index (χ3n) is 3.19. The maximum Gasteiger partial charge on any atom is 0.317 e. The summed E-state index contributed by atoms with van der Waals surface area (Å²) in [7, 11) is 3.93. The lowest BCUT2D eigenvalue weighted by atomic mass is 10.1. The minimum Gasteiger partial charge on any atom is -0.362 e. The van der Waals surface area contributed by atoms with Crippen LogP contribution < -0.4 is 10.2 Å². The first kappa shape index (κ1) is 13.6. The number of rotatable bonds is 2. The van der Waals surface area contributed by atoms with Gasteiger partial charge in [0.15, 0.2) is 0 Å². The van der Waals surface area contributed by atoms with Crippen LogP contribution in [0.2, 0.25) is 0 Å². The van der Waals surface area contributed by atoms with E-state index in [4.69, 9.17) is 0 Å². The fourth-order valence-corrected chi connectivity index (χ4v) is 2.32. The summed E-state index contributed by atoms with van der Waals surface area (Å²) in [6.45, 7) is 5.77. The van der Waals surface area contributed by atoms with Crippen molar-refractivity contribution in [3.8, 4) is 0 Å². The molecule has 0 radical (unpaired) electrons. The van der Waals surface area contributed by atoms with Gasteiger partial charge in [-0.3, -0.25) is 0 Å². The average molecular weight is 263 g/mol. The Bertz CT molecular complexity index is 486. The molecule has 1 aromatic heterocycles. The zero-order valence-electron chi connectivity index (χ0n) is 12.0. The Morgan fingerprint density at radius 1 is 1.42 bits per heavy atom. The van der Waals surface area contributed by atoms with E-state index in [1.54, 1.807) is 0 Å². The van der Waals surface area contributed by atoms with E-state index in [0.29, 0.717) is 19.6 Å². The summed E-state index contributed by atoms with van der Waals surface area (Å²) in [6, 6.07) is -0.0153. The van der Waals surface area contributed by atoms with Gasteiger partial charge in [-0.15, -0.1) is 0 Å². The third-order valence-corrected chi connectivity index (χ3v) is 3.19. The Labute approximate surface area is 113 Å². The molecule has 0 saturated heterocycles. The van der Waals surface area contributed by atoms with Crippen molar-refractivity contribution < 1.29 is 4.79 Å². The quantitative estimate of drug-likeness (QED) is 0.862. The molecule has 6 heteroatoms. The molecule has 0 fully saturated rings. The molecule has 0 aliphatic carbocycles. The first-order chi connectivity index (χ1) is 9.02. The molecular formula is C13H21N5O. The Morgan fingerprint density at radius 3 is 2.79 bits per heavy atom. The molecule has 19 heavy (non-hydrogen) atoms. The highest BCUT2D eigenvalue weighted by molar-refractivity contribution is 5.74. The number of nitrogens with zero attached hydrogens (tertiary/aromatic N) is 4. The molecule has 6 nitrogen and oxygen atoms in total. The zero-order chi connectivity index (χ0) is 14.0. The number of aryl methyl sites for hydroxylation is 1. The van der Waals surface area contributed by atoms with Crippen molar-refractivity contribution >= 4 is 11.8 Å². The predicted molar refractivity (Wildman–Crippen MR) is 74.3 cm³/mol. The summed E-state index contributed by atoms with van der Waals surface area (Å²) < 4.78 is 0. The zero-order valence-corrected chi connectivity index (χ0v) is 12.0. The second kappa shape index (κ2) is 5.42. The van der Waals surface area contributed by atoms with Crippen LogP contribution >= 0.6 is 0 Å². The minimum atomic E-state index is -0.0153. The largest absolute Gasteiger partial charge is 0.362 e. The molecule has 1 aliphatic rings. The second-order valence-corrected chi connectivity index (χ2v) is 4.92. The number of carbonyl (C=O) groups excluding carboxylic acids is 1. The van der Waals surface area contributed by atoms with E-state index in [1.165, 1.54) is 0 Å². The van der Waals surface area contributed by atoms with Crippen molar-refractivity contribution in [2.75, 3.05) is 32.1 Å². The fourth-order valence-electron chi connectivity index (χ4n) is 2.32. The van der Waals surface area contributed by atoms with E-state index in [9.17, 15) is 4.79 Å². The van der Waals surface area contributed by atoms with Crippen LogP contribution in [0.1, 0.15) is 24.0 Å². The number of amides is 2. The maximum absolute atomic E-state index is 11.9. The smallest absolute Gasteiger partial charge is 0.317 e. The molecule has 2 heterocycles. The van der Waals surface area contributed by atoms with Gasteiger partial charge < -0.3 is 15.1 Å². The number of carbonyl (C=O) groups is 1. The molecule has 0 spiro atoms. The van der Waals surface area contributed by atoms with Gasteiger partial charge in [-0.1, -0.05) is 0 Å². The minimum absolute atomic E-state index is 0.0153. The van der Waals surface area contributed by atoms with Crippen molar-refractivity contribution in [2.24, 2.45) is 0 Å². The van der Waals surface area contributed by atoms with Crippen molar-refractivity contribution in [1.82, 2.24) is 20.2 Å². The monoisotopic (exact) mass is 263 g/mol. The van der Waals surface area contributed by atoms with Crippen molar-refractivity contribution in [3.05, 3.63) is 17.1 Å². The average Bonchev–Trinajstić information content (AvgIpc) is 2.37. The summed E-state index contributed by atoms with van der Waals surface area (Å²) in [5, 5.41) is 2.84. The normalized spacial score (nSPS) is 14.0. The molecule has 0 saturated carbocycles. The highest BCUT2D eigenvalue weighted by Gasteiger charge is 2.25. The molecule has 2 amide bonds. The molecule has 0 unspecified atom stereocenters. The van der Waals surface area contributed by atoms with Crippen LogP contribution in [-0.2, 0) is 13.0 Å². The number of urea groups is 1. The van der Waals surface area contributed by atoms with Crippen molar-refractivity contribution in [2.45, 2.75) is 26.8 Å². The number of nitrogens with one attached hydrogen (secondary N) is 1. The predicted octanol–water partition coefficient (Wildman–Crippen LogP) is 0.939. The molecule has 0 aromatic carbocycles. The van der Waals surface area contributed by atoms with Crippen LogP contribution in [0.4, 0.5) is 10.6 Å². The highest BCUT2D eigenvalue weighted by atomic mass is 16.2. The van der Waals surface area contributed by atoms with Gasteiger partial charge in [-0.2, -0.15) is 0 Å². The topological polar surface area (TPSA) is 61.4 Å². The van der Waals surface area contributed by atoms with Gasteiger partial charge in [0.05, 0.1) is 12.2 Å². The first-order valence-electron chi connectivity index (χ1n) is 6.59. The summed E-state index contributed by atoms with van der Waals surface area (Å²) in [6.07, 6.45) is 0.788. The lowest BCUT2D eigenvalue weighted by Crippen LogP contribution is -2.43. The van der Waals surface area contributed by atoms with Gasteiger partial charge >= 0.3 is 6.03 Å². The van der Waals surface area contributed by atoms with Crippen LogP contribution in [-0.4, -0.2) is 48.1 Å². The van der Waals surface area contributed by atoms with Gasteiger partial charge in [0.1, 0.15) is 11.6 Å². The van der Waals surface area contributed by atoms with Gasteiger partial charge in [-0.25, -0.2) is 14.8 Å². The Balaban J connectivity index is 2.30. The summed E-state index contributed by atoms with van der Waals surface area (Å²) >= 11 is 0. The molecule has 1 aliphatic heterocycles. The highest BCUT2D eigenvalue weighted by Crippen LogP contribution is 2.25. The number of aromatic nitrogens is 2. The van der Waals surface area contributed by atoms with Crippen LogP contribution in [0.25, 0.3) is 0 Å². The van der Waals surface area contributed by atoms with Crippen LogP contribution in [0.5, 0.6) is 0 Å². The van der Waals surface area contributed by atoms with Crippen LogP contribution in [0.3, 0.4) is 0 Å². The first-order valence-corrected chi connectivity index (χ1v) is 6.59. The SMILES string of the molecule is CCNC(=O)N1CCc2nc(C)nc(N(C)C)c2C1. The molecule has 2 rings (SSSR count). The summed E-state index contributed by atoms with van der Waals surface area (Å²) in [4.78, 5) is 24.7. The Kier molecular flexibility index (Phi) is 3.87. The summed E-state index contributed by atoms with van der Waals surface area (Å²) in [5.41, 5.74) is 2.13. The van der Waals surface area contributed by atoms with E-state index in [-0.39, 0.29) is 6.03 Å². The molecule has 0 atom stereocenters. The lowest BCUT2D eigenvalue weighted by Gasteiger charge is -2.30. The molecule has 0 bridgehead atoms. The van der Waals surface area contributed by atoms with Crippen molar-refractivity contribution in [1.29, 1.82) is 0 Å². The van der Waals surface area contributed by atoms with Gasteiger partial charge in [-0.05, 0) is 13.8 Å². The van der Waals surface area contributed by atoms with Gasteiger partial charge in [0, 0.05) is 39.2 Å². The van der Waals surface area contributed by atoms with E-state index >= 15 is 0 Å². The Hall–Kier alpha value is -1.85. The standard InChI is InChI=1S/C13H21N5O/c1-5-14-13(19)18-7-6-11-10(8-18)12(17(3)4)16-9(2)15-11/h5-8H2,1-4H3,(H,14,19). The molecular weight excluding hydrogens is 242 g/mol. The van der Waals surface area contributed by atoms with Crippen molar-refractivity contribution in [3.63, 3.8) is 0 Å². The Morgan fingerprint density at radius 2 is 2.16 bits per heavy atom. The van der Waals surface area contributed by atoms with E-state index in [0.717, 1.165) is 29.3 Å². The number of hydrogen-bond donors (Lipinski definition) is 1. The maximum atomic E-state index is 11.9. The van der Waals surface area contributed by atoms with E-state index in [2.05, 4.69) is 15.3 Å². The van der Waals surface area contributed by atoms with Gasteiger partial charge in [0.2, 0.25) is 0 Å². The van der Waals surface area contributed by atoms with E-state index in [1.807, 2.05) is 37.7 Å². The van der Waals surface area contributed by atoms with Crippen LogP contribution in [0.15, 0.2) is 0 Å². The molecule has 1 aromatic rings. The second-order valence-electron chi connectivity index (χ2n) is 4.92. The number of fused-ring (bicyclic) bond motifs is 1. The van der Waals surface area contributed by atoms with E-state index < -0.39 is 0 Å². The number of anilines is 1. The van der Waals surface area contributed by atoms with Gasteiger partial charge in [0.25, 0.3) is 0 Å². The molecule has 104 valence electrons. The lowest BCUT2D eigenvalue weighted by molar-refractivity contribution is 0.192. The fraction of sp³-hybridized carbons (Fsp3) is 0.615. The number of hydrogen-bond acceptors (Lipinski definition) is 4. The molecule has 1 N–H and O–H groups in total.